The Morgan fingerprint density at radius 1 is 0.673 bits per heavy atom. The average Bonchev–Trinajstić information content (AvgIpc) is 3.51. The molecule has 0 atom stereocenters. The minimum Gasteiger partial charge on any atom is -0.486 e. The van der Waals surface area contributed by atoms with E-state index in [2.05, 4.69) is 103 Å². The van der Waals surface area contributed by atoms with E-state index in [0.29, 0.717) is 28.1 Å². The topological polar surface area (TPSA) is 51.8 Å². The van der Waals surface area contributed by atoms with Gasteiger partial charge in [-0.2, -0.15) is 0 Å². The van der Waals surface area contributed by atoms with Crippen LogP contribution >= 0.6 is 0 Å². The summed E-state index contributed by atoms with van der Waals surface area (Å²) in [7, 11) is -1.46. The number of fused-ring (bicyclic) bond motifs is 3. The van der Waals surface area contributed by atoms with E-state index in [9.17, 15) is 4.39 Å². The smallest absolute Gasteiger partial charge is 0.216 e. The van der Waals surface area contributed by atoms with Crippen molar-refractivity contribution in [3.63, 3.8) is 0 Å². The summed E-state index contributed by atoms with van der Waals surface area (Å²) in [4.78, 5) is 13.4. The Bertz CT molecular complexity index is 2490. The van der Waals surface area contributed by atoms with Crippen LogP contribution in [0.2, 0.25) is 19.6 Å². The number of hydrogen-bond donors (Lipinski definition) is 0. The molecule has 0 unspecified atom stereocenters. The summed E-state index contributed by atoms with van der Waals surface area (Å²) < 4.78 is 20.8. The van der Waals surface area contributed by atoms with Gasteiger partial charge in [0.15, 0.2) is 0 Å². The summed E-state index contributed by atoms with van der Waals surface area (Å²) in [6.07, 6.45) is 5.05. The zero-order valence-electron chi connectivity index (χ0n) is 30.0. The van der Waals surface area contributed by atoms with E-state index in [0.717, 1.165) is 44.3 Å². The number of halogens is 1. The number of nitrogens with zero attached hydrogens (tertiary/aromatic N) is 3. The molecule has 1 radical (unpaired) electrons. The van der Waals surface area contributed by atoms with Gasteiger partial charge in [0.05, 0.1) is 19.9 Å². The first-order valence-electron chi connectivity index (χ1n) is 17.0. The van der Waals surface area contributed by atoms with Crippen LogP contribution in [0.15, 0.2) is 126 Å². The second-order valence-electron chi connectivity index (χ2n) is 13.9. The third-order valence-corrected chi connectivity index (χ3v) is 11.1. The molecule has 4 aromatic carbocycles. The summed E-state index contributed by atoms with van der Waals surface area (Å²) in [5.74, 6) is -0.345. The Labute approximate surface area is 319 Å². The molecule has 7 heteroatoms. The first-order valence-corrected chi connectivity index (χ1v) is 20.5. The van der Waals surface area contributed by atoms with Crippen LogP contribution in [0.25, 0.3) is 66.8 Å². The quantitative estimate of drug-likeness (QED) is 0.128. The largest absolute Gasteiger partial charge is 0.486 e. The maximum Gasteiger partial charge on any atom is 0.216 e. The molecule has 0 bridgehead atoms. The maximum absolute atomic E-state index is 14.8. The number of rotatable bonds is 5. The predicted molar refractivity (Wildman–Crippen MR) is 210 cm³/mol. The van der Waals surface area contributed by atoms with Crippen LogP contribution in [0.5, 0.6) is 0 Å². The van der Waals surface area contributed by atoms with Crippen molar-refractivity contribution >= 4 is 35.3 Å². The van der Waals surface area contributed by atoms with Gasteiger partial charge < -0.3 is 14.4 Å². The molecule has 0 saturated carbocycles. The van der Waals surface area contributed by atoms with Crippen molar-refractivity contribution in [2.75, 3.05) is 0 Å². The van der Waals surface area contributed by atoms with E-state index in [1.54, 1.807) is 12.3 Å². The number of pyridine rings is 3. The van der Waals surface area contributed by atoms with Gasteiger partial charge in [0.25, 0.3) is 0 Å². The molecule has 0 aliphatic heterocycles. The second kappa shape index (κ2) is 15.3. The van der Waals surface area contributed by atoms with E-state index >= 15 is 0 Å². The Morgan fingerprint density at radius 3 is 2.10 bits per heavy atom. The third kappa shape index (κ3) is 7.44. The fraction of sp³-hybridized carbons (Fsp3) is 0.133. The van der Waals surface area contributed by atoms with Gasteiger partial charge >= 0.3 is 0 Å². The monoisotopic (exact) mass is 876 g/mol. The van der Waals surface area contributed by atoms with Crippen molar-refractivity contribution in [1.29, 1.82) is 0 Å². The standard InChI is InChI=1S/C25H18FN2O.C20H20NSi.Ir/c1-14-10-15(2)23(16(3)11-14)20-12-22(28-13-21(20)26)19-7-4-6-17-18-8-5-9-27-25(18)29-24(17)19;1-22(2,3)20-15-21-19(17-12-8-5-9-13-17)14-18(20)16-10-6-4-7-11-16;/h4-6,8-13H,1-3H3;4-12,14-15H,1-3H3;/q2*-1;. The van der Waals surface area contributed by atoms with Crippen LogP contribution in [0.3, 0.4) is 0 Å². The third-order valence-electron chi connectivity index (χ3n) is 9.05. The molecule has 0 fully saturated rings. The van der Waals surface area contributed by atoms with Crippen molar-refractivity contribution < 1.29 is 28.9 Å². The van der Waals surface area contributed by atoms with Gasteiger partial charge in [0.1, 0.15) is 5.82 Å². The summed E-state index contributed by atoms with van der Waals surface area (Å²) >= 11 is 0. The van der Waals surface area contributed by atoms with Crippen LogP contribution in [0, 0.1) is 38.7 Å². The molecule has 4 nitrogen and oxygen atoms in total. The first-order chi connectivity index (χ1) is 24.6. The van der Waals surface area contributed by atoms with Crippen molar-refractivity contribution in [1.82, 2.24) is 15.0 Å². The second-order valence-corrected chi connectivity index (χ2v) is 18.9. The normalized spacial score (nSPS) is 11.2. The zero-order valence-corrected chi connectivity index (χ0v) is 33.4. The van der Waals surface area contributed by atoms with Gasteiger partial charge in [-0.1, -0.05) is 90.8 Å². The molecular weight excluding hydrogens is 838 g/mol. The molecule has 4 aromatic heterocycles. The maximum atomic E-state index is 14.8. The van der Waals surface area contributed by atoms with Gasteiger partial charge in [-0.25, -0.2) is 9.37 Å². The summed E-state index contributed by atoms with van der Waals surface area (Å²) in [5, 5.41) is 3.28. The number of furan rings is 1. The number of aryl methyl sites for hydroxylation is 3. The van der Waals surface area contributed by atoms with Crippen molar-refractivity contribution in [2.45, 2.75) is 40.4 Å². The average molecular weight is 876 g/mol. The summed E-state index contributed by atoms with van der Waals surface area (Å²) in [6, 6.07) is 40.9. The molecule has 0 amide bonds. The molecule has 8 aromatic rings. The molecule has 0 spiro atoms. The van der Waals surface area contributed by atoms with Gasteiger partial charge in [-0.3, -0.25) is 0 Å². The first kappa shape index (κ1) is 36.7. The molecule has 8 rings (SSSR count). The molecule has 4 heterocycles. The minimum atomic E-state index is -1.46. The number of benzene rings is 4. The predicted octanol–water partition coefficient (Wildman–Crippen LogP) is 11.3. The molecule has 0 N–H and O–H groups in total. The van der Waals surface area contributed by atoms with E-state index in [1.807, 2.05) is 63.2 Å². The van der Waals surface area contributed by atoms with Crippen LogP contribution in [-0.2, 0) is 20.1 Å². The van der Waals surface area contributed by atoms with Gasteiger partial charge in [-0.15, -0.1) is 54.1 Å². The molecule has 0 aliphatic rings. The van der Waals surface area contributed by atoms with Crippen molar-refractivity contribution in [3.05, 3.63) is 156 Å². The van der Waals surface area contributed by atoms with E-state index < -0.39 is 8.07 Å². The van der Waals surface area contributed by atoms with Gasteiger partial charge in [0.2, 0.25) is 5.71 Å². The van der Waals surface area contributed by atoms with Crippen LogP contribution in [0.1, 0.15) is 16.7 Å². The van der Waals surface area contributed by atoms with E-state index in [-0.39, 0.29) is 25.9 Å². The molecule has 0 saturated heterocycles. The Kier molecular flexibility index (Phi) is 10.8. The van der Waals surface area contributed by atoms with Gasteiger partial charge in [0, 0.05) is 43.4 Å². The Hall–Kier alpha value is -5.07. The van der Waals surface area contributed by atoms with Crippen molar-refractivity contribution in [2.24, 2.45) is 0 Å². The molecule has 52 heavy (non-hydrogen) atoms. The van der Waals surface area contributed by atoms with Gasteiger partial charge in [-0.05, 0) is 77.3 Å². The number of hydrogen-bond acceptors (Lipinski definition) is 4. The Morgan fingerprint density at radius 2 is 1.38 bits per heavy atom. The molecular formula is C45H38FIrN3OSi-2. The van der Waals surface area contributed by atoms with Crippen molar-refractivity contribution in [3.8, 4) is 44.8 Å². The number of aromatic nitrogens is 3. The van der Waals surface area contributed by atoms with Crippen LogP contribution < -0.4 is 5.19 Å². The summed E-state index contributed by atoms with van der Waals surface area (Å²) in [6.45, 7) is 13.2. The Balaban J connectivity index is 0.000000182. The van der Waals surface area contributed by atoms with E-state index in [4.69, 9.17) is 9.40 Å². The van der Waals surface area contributed by atoms with Crippen LogP contribution in [-0.4, -0.2) is 23.0 Å². The van der Waals surface area contributed by atoms with E-state index in [1.165, 1.54) is 22.5 Å². The zero-order chi connectivity index (χ0) is 35.7. The minimum absolute atomic E-state index is 0. The fourth-order valence-corrected chi connectivity index (χ4v) is 8.22. The fourth-order valence-electron chi connectivity index (χ4n) is 6.75. The van der Waals surface area contributed by atoms with Crippen LogP contribution in [0.4, 0.5) is 4.39 Å². The summed E-state index contributed by atoms with van der Waals surface area (Å²) in [5.41, 5.74) is 11.8. The SMILES string of the molecule is C[Si](C)(C)c1cnc(-c2[c-]cccc2)cc1-c1ccccc1.Cc1cc(C)c(-c2cc(-c3[c-]ccc4c3oc3ncccc34)ncc2F)c(C)c1.[Ir]. The molecule has 261 valence electrons. The molecule has 0 aliphatic carbocycles.